The summed E-state index contributed by atoms with van der Waals surface area (Å²) in [6.45, 7) is 2.09. The second-order valence-electron chi connectivity index (χ2n) is 6.87. The van der Waals surface area contributed by atoms with Crippen LogP contribution in [0.25, 0.3) is 0 Å². The molecule has 1 aliphatic heterocycles. The number of nitrogens with zero attached hydrogens (tertiary/aromatic N) is 1. The highest BCUT2D eigenvalue weighted by Crippen LogP contribution is 2.14. The van der Waals surface area contributed by atoms with Gasteiger partial charge < -0.3 is 4.90 Å². The van der Waals surface area contributed by atoms with E-state index < -0.39 is 10.0 Å². The van der Waals surface area contributed by atoms with Crippen molar-refractivity contribution in [2.24, 2.45) is 0 Å². The molecule has 5 nitrogen and oxygen atoms in total. The lowest BCUT2D eigenvalue weighted by atomic mass is 10.1. The normalized spacial score (nSPS) is 14.4. The summed E-state index contributed by atoms with van der Waals surface area (Å²) in [7, 11) is -3.52. The average Bonchev–Trinajstić information content (AvgIpc) is 3.22. The van der Waals surface area contributed by atoms with Crippen LogP contribution in [0.5, 0.6) is 0 Å². The van der Waals surface area contributed by atoms with E-state index in [1.54, 1.807) is 24.3 Å². The topological polar surface area (TPSA) is 66.5 Å². The Hall–Kier alpha value is -2.18. The molecule has 2 aromatic rings. The molecule has 0 spiro atoms. The van der Waals surface area contributed by atoms with Crippen LogP contribution in [0.3, 0.4) is 0 Å². The maximum absolute atomic E-state index is 12.4. The zero-order chi connectivity index (χ0) is 19.1. The summed E-state index contributed by atoms with van der Waals surface area (Å²) in [6, 6.07) is 16.6. The minimum Gasteiger partial charge on any atom is -0.343 e. The van der Waals surface area contributed by atoms with Gasteiger partial charge in [-0.3, -0.25) is 4.79 Å². The van der Waals surface area contributed by atoms with Crippen molar-refractivity contribution in [1.29, 1.82) is 0 Å². The number of benzene rings is 2. The van der Waals surface area contributed by atoms with E-state index in [9.17, 15) is 13.2 Å². The number of aryl methyl sites for hydroxylation is 1. The van der Waals surface area contributed by atoms with Gasteiger partial charge >= 0.3 is 0 Å². The number of hydrogen-bond donors (Lipinski definition) is 1. The minimum atomic E-state index is -3.52. The Morgan fingerprint density at radius 1 is 0.889 bits per heavy atom. The number of hydrogen-bond acceptors (Lipinski definition) is 3. The molecule has 1 aliphatic rings. The van der Waals surface area contributed by atoms with Crippen LogP contribution in [0, 0.1) is 0 Å². The zero-order valence-corrected chi connectivity index (χ0v) is 16.2. The van der Waals surface area contributed by atoms with Gasteiger partial charge in [-0.05, 0) is 48.9 Å². The number of carbonyl (C=O) groups excluding carboxylic acids is 1. The van der Waals surface area contributed by atoms with Gasteiger partial charge in [0.15, 0.2) is 0 Å². The third-order valence-electron chi connectivity index (χ3n) is 4.87. The van der Waals surface area contributed by atoms with E-state index >= 15 is 0 Å². The van der Waals surface area contributed by atoms with E-state index in [0.717, 1.165) is 37.1 Å². The Labute approximate surface area is 161 Å². The second-order valence-corrected chi connectivity index (χ2v) is 8.63. The molecule has 27 heavy (non-hydrogen) atoms. The number of rotatable bonds is 8. The molecular formula is C21H26N2O3S. The first-order chi connectivity index (χ1) is 13.0. The Kier molecular flexibility index (Phi) is 6.63. The number of amides is 1. The Morgan fingerprint density at radius 2 is 1.52 bits per heavy atom. The number of nitrogens with one attached hydrogen (secondary N) is 1. The average molecular weight is 387 g/mol. The fourth-order valence-electron chi connectivity index (χ4n) is 3.27. The van der Waals surface area contributed by atoms with Gasteiger partial charge in [-0.15, -0.1) is 0 Å². The second kappa shape index (κ2) is 9.15. The molecule has 6 heteroatoms. The summed E-state index contributed by atoms with van der Waals surface area (Å²) in [6.07, 6.45) is 3.94. The van der Waals surface area contributed by atoms with Crippen molar-refractivity contribution in [2.45, 2.75) is 37.0 Å². The maximum atomic E-state index is 12.4. The van der Waals surface area contributed by atoms with Gasteiger partial charge in [0.2, 0.25) is 15.9 Å². The Bertz CT molecular complexity index is 843. The Balaban J connectivity index is 1.50. The molecule has 0 radical (unpaired) electrons. The molecule has 0 aliphatic carbocycles. The number of likely N-dealkylation sites (tertiary alicyclic amines) is 1. The van der Waals surface area contributed by atoms with Gasteiger partial charge in [-0.1, -0.05) is 42.5 Å². The summed E-state index contributed by atoms with van der Waals surface area (Å²) in [5, 5.41) is 0. The SMILES string of the molecule is O=C(CCc1ccc(S(=O)(=O)NCCc2ccccc2)cc1)N1CCCC1. The van der Waals surface area contributed by atoms with E-state index in [1.807, 2.05) is 35.2 Å². The van der Waals surface area contributed by atoms with Gasteiger partial charge in [0, 0.05) is 26.1 Å². The van der Waals surface area contributed by atoms with E-state index in [0.29, 0.717) is 25.8 Å². The molecular weight excluding hydrogens is 360 g/mol. The predicted octanol–water partition coefficient (Wildman–Crippen LogP) is 2.76. The predicted molar refractivity (Wildman–Crippen MR) is 106 cm³/mol. The van der Waals surface area contributed by atoms with Crippen LogP contribution in [-0.2, 0) is 27.7 Å². The highest BCUT2D eigenvalue weighted by Gasteiger charge is 2.18. The van der Waals surface area contributed by atoms with Gasteiger partial charge in [-0.2, -0.15) is 0 Å². The van der Waals surface area contributed by atoms with Crippen LogP contribution in [0.2, 0.25) is 0 Å². The summed E-state index contributed by atoms with van der Waals surface area (Å²) >= 11 is 0. The lowest BCUT2D eigenvalue weighted by Crippen LogP contribution is -2.27. The molecule has 1 amide bonds. The van der Waals surface area contributed by atoms with Crippen molar-refractivity contribution in [3.8, 4) is 0 Å². The molecule has 0 atom stereocenters. The smallest absolute Gasteiger partial charge is 0.240 e. The van der Waals surface area contributed by atoms with Crippen molar-refractivity contribution in [2.75, 3.05) is 19.6 Å². The fourth-order valence-corrected chi connectivity index (χ4v) is 4.30. The lowest BCUT2D eigenvalue weighted by Gasteiger charge is -2.15. The first kappa shape index (κ1) is 19.6. The number of carbonyl (C=O) groups is 1. The monoisotopic (exact) mass is 386 g/mol. The first-order valence-electron chi connectivity index (χ1n) is 9.45. The van der Waals surface area contributed by atoms with Gasteiger partial charge in [0.1, 0.15) is 0 Å². The van der Waals surface area contributed by atoms with Crippen LogP contribution in [0.15, 0.2) is 59.5 Å². The third-order valence-corrected chi connectivity index (χ3v) is 6.35. The molecule has 2 aromatic carbocycles. The Morgan fingerprint density at radius 3 is 2.19 bits per heavy atom. The van der Waals surface area contributed by atoms with Gasteiger partial charge in [0.05, 0.1) is 4.90 Å². The van der Waals surface area contributed by atoms with Crippen LogP contribution >= 0.6 is 0 Å². The van der Waals surface area contributed by atoms with Crippen molar-refractivity contribution < 1.29 is 13.2 Å². The standard InChI is InChI=1S/C21H26N2O3S/c24-21(23-16-4-5-17-23)13-10-19-8-11-20(12-9-19)27(25,26)22-15-14-18-6-2-1-3-7-18/h1-3,6-9,11-12,22H,4-5,10,13-17H2. The van der Waals surface area contributed by atoms with Crippen molar-refractivity contribution >= 4 is 15.9 Å². The fraction of sp³-hybridized carbons (Fsp3) is 0.381. The van der Waals surface area contributed by atoms with Crippen LogP contribution in [0.1, 0.15) is 30.4 Å². The molecule has 0 unspecified atom stereocenters. The van der Waals surface area contributed by atoms with E-state index in [2.05, 4.69) is 4.72 Å². The molecule has 1 heterocycles. The van der Waals surface area contributed by atoms with E-state index in [4.69, 9.17) is 0 Å². The van der Waals surface area contributed by atoms with Crippen LogP contribution in [-0.4, -0.2) is 38.9 Å². The molecule has 3 rings (SSSR count). The summed E-state index contributed by atoms with van der Waals surface area (Å²) in [5.74, 6) is 0.187. The summed E-state index contributed by atoms with van der Waals surface area (Å²) in [5.41, 5.74) is 2.07. The molecule has 144 valence electrons. The van der Waals surface area contributed by atoms with Crippen LogP contribution < -0.4 is 4.72 Å². The largest absolute Gasteiger partial charge is 0.343 e. The maximum Gasteiger partial charge on any atom is 0.240 e. The van der Waals surface area contributed by atoms with Crippen molar-refractivity contribution in [1.82, 2.24) is 9.62 Å². The number of sulfonamides is 1. The van der Waals surface area contributed by atoms with Crippen LogP contribution in [0.4, 0.5) is 0 Å². The van der Waals surface area contributed by atoms with Gasteiger partial charge in [0.25, 0.3) is 0 Å². The van der Waals surface area contributed by atoms with Gasteiger partial charge in [-0.25, -0.2) is 13.1 Å². The highest BCUT2D eigenvalue weighted by molar-refractivity contribution is 7.89. The summed E-state index contributed by atoms with van der Waals surface area (Å²) < 4.78 is 27.4. The minimum absolute atomic E-state index is 0.187. The molecule has 1 N–H and O–H groups in total. The highest BCUT2D eigenvalue weighted by atomic mass is 32.2. The zero-order valence-electron chi connectivity index (χ0n) is 15.4. The summed E-state index contributed by atoms with van der Waals surface area (Å²) in [4.78, 5) is 14.3. The van der Waals surface area contributed by atoms with E-state index in [1.165, 1.54) is 0 Å². The molecule has 0 aromatic heterocycles. The molecule has 0 saturated carbocycles. The third kappa shape index (κ3) is 5.65. The first-order valence-corrected chi connectivity index (χ1v) is 10.9. The molecule has 0 bridgehead atoms. The molecule has 1 fully saturated rings. The quantitative estimate of drug-likeness (QED) is 0.759. The lowest BCUT2D eigenvalue weighted by molar-refractivity contribution is -0.130. The van der Waals surface area contributed by atoms with E-state index in [-0.39, 0.29) is 10.8 Å². The van der Waals surface area contributed by atoms with Crippen molar-refractivity contribution in [3.63, 3.8) is 0 Å². The van der Waals surface area contributed by atoms with Crippen molar-refractivity contribution in [3.05, 3.63) is 65.7 Å². The molecule has 1 saturated heterocycles.